The first-order valence-corrected chi connectivity index (χ1v) is 10.9. The fourth-order valence-corrected chi connectivity index (χ4v) is 5.29. The highest BCUT2D eigenvalue weighted by atomic mass is 32.2. The quantitative estimate of drug-likeness (QED) is 0.735. The lowest BCUT2D eigenvalue weighted by Crippen LogP contribution is -2.41. The van der Waals surface area contributed by atoms with Crippen LogP contribution in [0.5, 0.6) is 0 Å². The lowest BCUT2D eigenvalue weighted by atomic mass is 10.2. The number of hydrogen-bond acceptors (Lipinski definition) is 6. The van der Waals surface area contributed by atoms with Gasteiger partial charge >= 0.3 is 0 Å². The van der Waals surface area contributed by atoms with Crippen LogP contribution < -0.4 is 10.6 Å². The summed E-state index contributed by atoms with van der Waals surface area (Å²) >= 11 is 1.15. The zero-order valence-electron chi connectivity index (χ0n) is 15.3. The van der Waals surface area contributed by atoms with E-state index in [9.17, 15) is 18.0 Å². The van der Waals surface area contributed by atoms with Gasteiger partial charge in [-0.1, -0.05) is 18.2 Å². The molecule has 3 rings (SSSR count). The van der Waals surface area contributed by atoms with Crippen LogP contribution in [-0.2, 0) is 26.1 Å². The van der Waals surface area contributed by atoms with Gasteiger partial charge in [0.15, 0.2) is 0 Å². The molecule has 0 aliphatic carbocycles. The topological polar surface area (TPSA) is 105 Å². The Hall–Kier alpha value is -2.27. The van der Waals surface area contributed by atoms with Gasteiger partial charge in [0.25, 0.3) is 5.91 Å². The summed E-state index contributed by atoms with van der Waals surface area (Å²) < 4.78 is 32.5. The predicted molar refractivity (Wildman–Crippen MR) is 106 cm³/mol. The summed E-state index contributed by atoms with van der Waals surface area (Å²) in [7, 11) is -3.66. The maximum Gasteiger partial charge on any atom is 0.261 e. The SMILES string of the molecule is CC(=O)Nc1ccc(C(=O)NCc2ccccc2S(=O)(=O)N2CCOCC2)s1. The summed E-state index contributed by atoms with van der Waals surface area (Å²) in [5.41, 5.74) is 0.515. The number of hydrogen-bond donors (Lipinski definition) is 2. The third-order valence-electron chi connectivity index (χ3n) is 4.13. The van der Waals surface area contributed by atoms with E-state index in [0.29, 0.717) is 41.7 Å². The molecular weight excluding hydrogens is 402 g/mol. The van der Waals surface area contributed by atoms with Gasteiger partial charge in [-0.2, -0.15) is 4.31 Å². The van der Waals surface area contributed by atoms with Gasteiger partial charge in [-0.05, 0) is 23.8 Å². The molecule has 0 spiro atoms. The number of carbonyl (C=O) groups excluding carboxylic acids is 2. The van der Waals surface area contributed by atoms with Crippen molar-refractivity contribution >= 4 is 38.2 Å². The molecule has 2 aromatic rings. The minimum absolute atomic E-state index is 0.0753. The molecule has 28 heavy (non-hydrogen) atoms. The zero-order chi connectivity index (χ0) is 20.1. The Bertz CT molecular complexity index is 965. The van der Waals surface area contributed by atoms with Gasteiger partial charge in [0.1, 0.15) is 0 Å². The summed E-state index contributed by atoms with van der Waals surface area (Å²) in [4.78, 5) is 24.1. The molecule has 1 saturated heterocycles. The highest BCUT2D eigenvalue weighted by Gasteiger charge is 2.28. The van der Waals surface area contributed by atoms with E-state index in [1.807, 2.05) is 0 Å². The average molecular weight is 424 g/mol. The Morgan fingerprint density at radius 2 is 1.86 bits per heavy atom. The molecule has 1 aliphatic heterocycles. The second kappa shape index (κ2) is 8.82. The third kappa shape index (κ3) is 4.76. The molecule has 2 N–H and O–H groups in total. The fourth-order valence-electron chi connectivity index (χ4n) is 2.79. The van der Waals surface area contributed by atoms with Gasteiger partial charge in [0.05, 0.1) is 28.0 Å². The monoisotopic (exact) mass is 423 g/mol. The van der Waals surface area contributed by atoms with E-state index >= 15 is 0 Å². The van der Waals surface area contributed by atoms with Crippen molar-refractivity contribution in [3.63, 3.8) is 0 Å². The Kier molecular flexibility index (Phi) is 6.45. The minimum Gasteiger partial charge on any atom is -0.379 e. The largest absolute Gasteiger partial charge is 0.379 e. The van der Waals surface area contributed by atoms with E-state index in [1.54, 1.807) is 36.4 Å². The highest BCUT2D eigenvalue weighted by molar-refractivity contribution is 7.89. The van der Waals surface area contributed by atoms with Crippen LogP contribution in [0.1, 0.15) is 22.2 Å². The second-order valence-electron chi connectivity index (χ2n) is 6.15. The normalized spacial score (nSPS) is 15.2. The first-order chi connectivity index (χ1) is 13.4. The smallest absolute Gasteiger partial charge is 0.261 e. The minimum atomic E-state index is -3.66. The third-order valence-corrected chi connectivity index (χ3v) is 7.13. The van der Waals surface area contributed by atoms with E-state index in [-0.39, 0.29) is 23.3 Å². The Balaban J connectivity index is 1.72. The standard InChI is InChI=1S/C18H21N3O5S2/c1-13(22)20-17-7-6-15(27-17)18(23)19-12-14-4-2-3-5-16(14)28(24,25)21-8-10-26-11-9-21/h2-7H,8-12H2,1H3,(H,19,23)(H,20,22). The molecule has 8 nitrogen and oxygen atoms in total. The van der Waals surface area contributed by atoms with Crippen LogP contribution in [0.4, 0.5) is 5.00 Å². The number of rotatable bonds is 6. The van der Waals surface area contributed by atoms with E-state index in [2.05, 4.69) is 10.6 Å². The number of amides is 2. The molecule has 0 saturated carbocycles. The molecule has 0 unspecified atom stereocenters. The first-order valence-electron chi connectivity index (χ1n) is 8.69. The van der Waals surface area contributed by atoms with E-state index in [4.69, 9.17) is 4.74 Å². The second-order valence-corrected chi connectivity index (χ2v) is 9.14. The number of ether oxygens (including phenoxy) is 1. The van der Waals surface area contributed by atoms with Crippen molar-refractivity contribution in [3.05, 3.63) is 46.8 Å². The van der Waals surface area contributed by atoms with E-state index in [1.165, 1.54) is 11.2 Å². The summed E-state index contributed by atoms with van der Waals surface area (Å²) in [5, 5.41) is 5.95. The van der Waals surface area contributed by atoms with Crippen LogP contribution in [-0.4, -0.2) is 50.8 Å². The molecular formula is C18H21N3O5S2. The molecule has 1 fully saturated rings. The van der Waals surface area contributed by atoms with Crippen molar-refractivity contribution in [2.75, 3.05) is 31.6 Å². The molecule has 0 bridgehead atoms. The van der Waals surface area contributed by atoms with Gasteiger partial charge in [-0.15, -0.1) is 11.3 Å². The van der Waals surface area contributed by atoms with Gasteiger partial charge < -0.3 is 15.4 Å². The molecule has 1 aromatic heterocycles. The van der Waals surface area contributed by atoms with Crippen LogP contribution in [0.2, 0.25) is 0 Å². The molecule has 0 radical (unpaired) electrons. The number of nitrogens with one attached hydrogen (secondary N) is 2. The van der Waals surface area contributed by atoms with Crippen LogP contribution >= 0.6 is 11.3 Å². The molecule has 150 valence electrons. The average Bonchev–Trinajstić information content (AvgIpc) is 3.15. The van der Waals surface area contributed by atoms with Gasteiger partial charge in [-0.3, -0.25) is 9.59 Å². The molecule has 1 aliphatic rings. The maximum absolute atomic E-state index is 12.9. The number of thiophene rings is 1. The lowest BCUT2D eigenvalue weighted by molar-refractivity contribution is -0.114. The number of sulfonamides is 1. The van der Waals surface area contributed by atoms with Crippen molar-refractivity contribution < 1.29 is 22.7 Å². The number of carbonyl (C=O) groups is 2. The highest BCUT2D eigenvalue weighted by Crippen LogP contribution is 2.23. The van der Waals surface area contributed by atoms with Crippen LogP contribution in [0.15, 0.2) is 41.3 Å². The summed E-state index contributed by atoms with van der Waals surface area (Å²) in [6, 6.07) is 9.90. The first kappa shape index (κ1) is 20.5. The van der Waals surface area contributed by atoms with Gasteiger partial charge in [-0.25, -0.2) is 8.42 Å². The van der Waals surface area contributed by atoms with Crippen molar-refractivity contribution in [2.45, 2.75) is 18.4 Å². The summed E-state index contributed by atoms with van der Waals surface area (Å²) in [5.74, 6) is -0.545. The summed E-state index contributed by atoms with van der Waals surface area (Å²) in [6.07, 6.45) is 0. The van der Waals surface area contributed by atoms with Crippen molar-refractivity contribution in [2.24, 2.45) is 0 Å². The molecule has 2 heterocycles. The van der Waals surface area contributed by atoms with Gasteiger partial charge in [0.2, 0.25) is 15.9 Å². The van der Waals surface area contributed by atoms with Crippen molar-refractivity contribution in [1.29, 1.82) is 0 Å². The lowest BCUT2D eigenvalue weighted by Gasteiger charge is -2.27. The number of benzene rings is 1. The number of morpholine rings is 1. The Labute approximate surface area is 167 Å². The Morgan fingerprint density at radius 3 is 2.57 bits per heavy atom. The van der Waals surface area contributed by atoms with Gasteiger partial charge in [0, 0.05) is 26.6 Å². The van der Waals surface area contributed by atoms with E-state index < -0.39 is 10.0 Å². The number of anilines is 1. The molecule has 0 atom stereocenters. The van der Waals surface area contributed by atoms with Crippen LogP contribution in [0.25, 0.3) is 0 Å². The Morgan fingerprint density at radius 1 is 1.14 bits per heavy atom. The van der Waals surface area contributed by atoms with Crippen molar-refractivity contribution in [3.8, 4) is 0 Å². The number of nitrogens with zero attached hydrogens (tertiary/aromatic N) is 1. The van der Waals surface area contributed by atoms with E-state index in [0.717, 1.165) is 11.3 Å². The maximum atomic E-state index is 12.9. The molecule has 10 heteroatoms. The van der Waals surface area contributed by atoms with Crippen molar-refractivity contribution in [1.82, 2.24) is 9.62 Å². The zero-order valence-corrected chi connectivity index (χ0v) is 16.9. The fraction of sp³-hybridized carbons (Fsp3) is 0.333. The molecule has 1 aromatic carbocycles. The summed E-state index contributed by atoms with van der Waals surface area (Å²) in [6.45, 7) is 2.83. The predicted octanol–water partition coefficient (Wildman–Crippen LogP) is 1.66. The van der Waals surface area contributed by atoms with Crippen LogP contribution in [0.3, 0.4) is 0 Å². The molecule has 2 amide bonds. The van der Waals surface area contributed by atoms with Crippen LogP contribution in [0, 0.1) is 0 Å².